The van der Waals surface area contributed by atoms with Crippen molar-refractivity contribution in [3.05, 3.63) is 0 Å². The molecule has 1 aliphatic carbocycles. The summed E-state index contributed by atoms with van der Waals surface area (Å²) in [6.45, 7) is 5.08. The molecular weight excluding hydrogens is 224 g/mol. The van der Waals surface area contributed by atoms with E-state index in [0.717, 1.165) is 45.1 Å². The third-order valence-corrected chi connectivity index (χ3v) is 3.98. The van der Waals surface area contributed by atoms with Crippen molar-refractivity contribution in [2.75, 3.05) is 45.7 Å². The average Bonchev–Trinajstić information content (AvgIpc) is 2.99. The molecule has 0 radical (unpaired) electrons. The van der Waals surface area contributed by atoms with E-state index in [2.05, 4.69) is 17.3 Å². The van der Waals surface area contributed by atoms with Gasteiger partial charge in [-0.1, -0.05) is 0 Å². The van der Waals surface area contributed by atoms with Gasteiger partial charge >= 0.3 is 0 Å². The molecule has 0 aromatic rings. The van der Waals surface area contributed by atoms with E-state index in [4.69, 9.17) is 16.3 Å². The largest absolute Gasteiger partial charge is 0.374 e. The van der Waals surface area contributed by atoms with Gasteiger partial charge in [0.2, 0.25) is 0 Å². The van der Waals surface area contributed by atoms with Crippen LogP contribution < -0.4 is 5.32 Å². The summed E-state index contributed by atoms with van der Waals surface area (Å²) in [7, 11) is 2.16. The van der Waals surface area contributed by atoms with Crippen LogP contribution in [0.5, 0.6) is 0 Å². The van der Waals surface area contributed by atoms with Gasteiger partial charge in [0, 0.05) is 32.1 Å². The quantitative estimate of drug-likeness (QED) is 0.716. The molecule has 1 N–H and O–H groups in total. The molecule has 0 aromatic carbocycles. The zero-order chi connectivity index (χ0) is 11.4. The van der Waals surface area contributed by atoms with Crippen molar-refractivity contribution >= 4 is 11.6 Å². The van der Waals surface area contributed by atoms with E-state index in [0.29, 0.717) is 11.5 Å². The van der Waals surface area contributed by atoms with Crippen LogP contribution in [0.2, 0.25) is 0 Å². The molecule has 16 heavy (non-hydrogen) atoms. The molecule has 3 nitrogen and oxygen atoms in total. The lowest BCUT2D eigenvalue weighted by atomic mass is 10.0. The van der Waals surface area contributed by atoms with Gasteiger partial charge in [0.25, 0.3) is 0 Å². The van der Waals surface area contributed by atoms with E-state index >= 15 is 0 Å². The van der Waals surface area contributed by atoms with Gasteiger partial charge in [-0.05, 0) is 31.7 Å². The highest BCUT2D eigenvalue weighted by molar-refractivity contribution is 6.17. The maximum atomic E-state index is 5.81. The molecule has 0 aromatic heterocycles. The van der Waals surface area contributed by atoms with Crippen molar-refractivity contribution in [2.45, 2.75) is 25.4 Å². The van der Waals surface area contributed by atoms with Gasteiger partial charge in [-0.25, -0.2) is 0 Å². The fourth-order valence-corrected chi connectivity index (χ4v) is 2.78. The third kappa shape index (κ3) is 3.59. The van der Waals surface area contributed by atoms with Gasteiger partial charge in [-0.15, -0.1) is 11.6 Å². The van der Waals surface area contributed by atoms with Crippen molar-refractivity contribution in [3.63, 3.8) is 0 Å². The summed E-state index contributed by atoms with van der Waals surface area (Å²) >= 11 is 5.81. The van der Waals surface area contributed by atoms with Crippen LogP contribution in [0.25, 0.3) is 0 Å². The van der Waals surface area contributed by atoms with Crippen LogP contribution in [0.1, 0.15) is 19.3 Å². The summed E-state index contributed by atoms with van der Waals surface area (Å²) in [5.41, 5.74) is 0.530. The fraction of sp³-hybridized carbons (Fsp3) is 1.00. The minimum atomic E-state index is 0.366. The zero-order valence-corrected chi connectivity index (χ0v) is 10.9. The van der Waals surface area contributed by atoms with Crippen molar-refractivity contribution in [3.8, 4) is 0 Å². The number of likely N-dealkylation sites (N-methyl/N-ethyl adjacent to an activating group) is 1. The minimum absolute atomic E-state index is 0.366. The summed E-state index contributed by atoms with van der Waals surface area (Å²) in [5.74, 6) is 0.796. The highest BCUT2D eigenvalue weighted by Crippen LogP contribution is 2.48. The molecular formula is C12H23ClN2O. The first kappa shape index (κ1) is 12.6. The Morgan fingerprint density at radius 1 is 1.50 bits per heavy atom. The number of alkyl halides is 1. The highest BCUT2D eigenvalue weighted by atomic mass is 35.5. The van der Waals surface area contributed by atoms with Crippen molar-refractivity contribution in [1.29, 1.82) is 0 Å². The maximum Gasteiger partial charge on any atom is 0.0826 e. The molecule has 4 heteroatoms. The summed E-state index contributed by atoms with van der Waals surface area (Å²) in [6.07, 6.45) is 4.22. The Labute approximate surface area is 103 Å². The topological polar surface area (TPSA) is 24.5 Å². The van der Waals surface area contributed by atoms with E-state index in [1.165, 1.54) is 12.8 Å². The molecule has 2 rings (SSSR count). The number of morpholine rings is 1. The van der Waals surface area contributed by atoms with Gasteiger partial charge in [0.05, 0.1) is 12.7 Å². The molecule has 0 spiro atoms. The van der Waals surface area contributed by atoms with Crippen molar-refractivity contribution in [1.82, 2.24) is 10.2 Å². The summed E-state index contributed by atoms with van der Waals surface area (Å²) in [6, 6.07) is 0. The van der Waals surface area contributed by atoms with E-state index in [-0.39, 0.29) is 0 Å². The molecule has 1 unspecified atom stereocenters. The van der Waals surface area contributed by atoms with Gasteiger partial charge in [0.15, 0.2) is 0 Å². The number of rotatable bonds is 6. The van der Waals surface area contributed by atoms with Gasteiger partial charge in [-0.2, -0.15) is 0 Å². The lowest BCUT2D eigenvalue weighted by Gasteiger charge is -2.30. The predicted octanol–water partition coefficient (Wildman–Crippen LogP) is 1.32. The first-order valence-corrected chi connectivity index (χ1v) is 6.84. The number of nitrogens with zero attached hydrogens (tertiary/aromatic N) is 1. The Hall–Kier alpha value is 0.170. The Balaban J connectivity index is 1.60. The zero-order valence-electron chi connectivity index (χ0n) is 10.2. The molecule has 1 aliphatic heterocycles. The number of hydrogen-bond donors (Lipinski definition) is 1. The first-order chi connectivity index (χ1) is 7.74. The standard InChI is InChI=1S/C12H23ClN2O/c1-15-6-7-16-11(9-15)8-14-10-12(2-3-12)4-5-13/h11,14H,2-10H2,1H3. The molecule has 94 valence electrons. The van der Waals surface area contributed by atoms with Crippen LogP contribution in [0.15, 0.2) is 0 Å². The Morgan fingerprint density at radius 3 is 2.94 bits per heavy atom. The first-order valence-electron chi connectivity index (χ1n) is 6.31. The molecule has 2 aliphatic rings. The van der Waals surface area contributed by atoms with Crippen LogP contribution in [-0.2, 0) is 4.74 Å². The molecule has 2 fully saturated rings. The number of ether oxygens (including phenoxy) is 1. The monoisotopic (exact) mass is 246 g/mol. The number of halogens is 1. The van der Waals surface area contributed by atoms with Gasteiger partial charge < -0.3 is 15.0 Å². The number of hydrogen-bond acceptors (Lipinski definition) is 3. The van der Waals surface area contributed by atoms with Gasteiger partial charge in [-0.3, -0.25) is 0 Å². The lowest BCUT2D eigenvalue weighted by Crippen LogP contribution is -2.45. The van der Waals surface area contributed by atoms with E-state index in [1.54, 1.807) is 0 Å². The predicted molar refractivity (Wildman–Crippen MR) is 67.1 cm³/mol. The van der Waals surface area contributed by atoms with Crippen molar-refractivity contribution < 1.29 is 4.74 Å². The van der Waals surface area contributed by atoms with Crippen LogP contribution in [0, 0.1) is 5.41 Å². The second-order valence-corrected chi connectivity index (χ2v) is 5.70. The summed E-state index contributed by atoms with van der Waals surface area (Å²) < 4.78 is 5.71. The lowest BCUT2D eigenvalue weighted by molar-refractivity contribution is -0.0185. The second kappa shape index (κ2) is 5.67. The van der Waals surface area contributed by atoms with Crippen LogP contribution in [0.3, 0.4) is 0 Å². The Morgan fingerprint density at radius 2 is 2.31 bits per heavy atom. The smallest absolute Gasteiger partial charge is 0.0826 e. The van der Waals surface area contributed by atoms with Crippen molar-refractivity contribution in [2.24, 2.45) is 5.41 Å². The normalized spacial score (nSPS) is 29.2. The average molecular weight is 247 g/mol. The Bertz CT molecular complexity index is 221. The maximum absolute atomic E-state index is 5.81. The summed E-state index contributed by atoms with van der Waals surface area (Å²) in [5, 5.41) is 3.55. The summed E-state index contributed by atoms with van der Waals surface area (Å²) in [4.78, 5) is 2.33. The number of nitrogens with one attached hydrogen (secondary N) is 1. The SMILES string of the molecule is CN1CCOC(CNCC2(CCCl)CC2)C1. The van der Waals surface area contributed by atoms with Crippen LogP contribution in [-0.4, -0.2) is 56.7 Å². The van der Waals surface area contributed by atoms with E-state index in [9.17, 15) is 0 Å². The second-order valence-electron chi connectivity index (χ2n) is 5.32. The molecule has 0 amide bonds. The minimum Gasteiger partial charge on any atom is -0.374 e. The molecule has 1 heterocycles. The van der Waals surface area contributed by atoms with Crippen LogP contribution >= 0.6 is 11.6 Å². The molecule has 1 saturated heterocycles. The Kier molecular flexibility index (Phi) is 4.48. The van der Waals surface area contributed by atoms with E-state index < -0.39 is 0 Å². The van der Waals surface area contributed by atoms with Gasteiger partial charge in [0.1, 0.15) is 0 Å². The molecule has 0 bridgehead atoms. The fourth-order valence-electron chi connectivity index (χ4n) is 2.38. The third-order valence-electron chi connectivity index (χ3n) is 3.80. The molecule has 1 saturated carbocycles. The van der Waals surface area contributed by atoms with Crippen LogP contribution in [0.4, 0.5) is 0 Å². The highest BCUT2D eigenvalue weighted by Gasteiger charge is 2.41. The molecule has 1 atom stereocenters. The van der Waals surface area contributed by atoms with E-state index in [1.807, 2.05) is 0 Å².